The Bertz CT molecular complexity index is 632. The van der Waals surface area contributed by atoms with E-state index in [0.29, 0.717) is 18.9 Å². The molecule has 0 aromatic carbocycles. The van der Waals surface area contributed by atoms with Crippen molar-refractivity contribution in [1.82, 2.24) is 14.5 Å². The minimum Gasteiger partial charge on any atom is -0.378 e. The Morgan fingerprint density at radius 2 is 2.06 bits per heavy atom. The van der Waals surface area contributed by atoms with E-state index in [0.717, 1.165) is 24.4 Å². The number of hydrogen-bond acceptors (Lipinski definition) is 5. The Kier molecular flexibility index (Phi) is 2.71. The van der Waals surface area contributed by atoms with E-state index in [-0.39, 0.29) is 5.56 Å². The second kappa shape index (κ2) is 4.38. The van der Waals surface area contributed by atoms with Crippen molar-refractivity contribution < 1.29 is 4.74 Å². The average Bonchev–Trinajstić information content (AvgIpc) is 2.44. The summed E-state index contributed by atoms with van der Waals surface area (Å²) in [6.07, 6.45) is 1.32. The van der Waals surface area contributed by atoms with Gasteiger partial charge in [0.25, 0.3) is 5.56 Å². The molecule has 0 radical (unpaired) electrons. The molecule has 2 aromatic heterocycles. The Labute approximate surface area is 104 Å². The van der Waals surface area contributed by atoms with Crippen LogP contribution in [-0.2, 0) is 11.8 Å². The van der Waals surface area contributed by atoms with E-state index in [1.54, 1.807) is 7.05 Å². The third-order valence-electron chi connectivity index (χ3n) is 3.14. The molecule has 0 aliphatic carbocycles. The van der Waals surface area contributed by atoms with Crippen molar-refractivity contribution in [2.75, 3.05) is 31.2 Å². The summed E-state index contributed by atoms with van der Waals surface area (Å²) >= 11 is 0. The lowest BCUT2D eigenvalue weighted by Gasteiger charge is -2.27. The second-order valence-electron chi connectivity index (χ2n) is 4.27. The van der Waals surface area contributed by atoms with E-state index < -0.39 is 0 Å². The molecule has 0 N–H and O–H groups in total. The van der Waals surface area contributed by atoms with Gasteiger partial charge in [0.15, 0.2) is 5.65 Å². The SMILES string of the molecule is Cn1c(=O)cnc2ccc(N3CCOCC3)nc21. The lowest BCUT2D eigenvalue weighted by molar-refractivity contribution is 0.122. The highest BCUT2D eigenvalue weighted by Gasteiger charge is 2.13. The smallest absolute Gasteiger partial charge is 0.270 e. The van der Waals surface area contributed by atoms with E-state index >= 15 is 0 Å². The summed E-state index contributed by atoms with van der Waals surface area (Å²) in [5.74, 6) is 0.869. The maximum atomic E-state index is 11.5. The highest BCUT2D eigenvalue weighted by molar-refractivity contribution is 5.72. The van der Waals surface area contributed by atoms with Crippen LogP contribution in [0.25, 0.3) is 11.2 Å². The van der Waals surface area contributed by atoms with Gasteiger partial charge in [-0.1, -0.05) is 0 Å². The van der Waals surface area contributed by atoms with Gasteiger partial charge in [0.1, 0.15) is 11.3 Å². The maximum absolute atomic E-state index is 11.5. The Morgan fingerprint density at radius 3 is 2.83 bits per heavy atom. The number of aryl methyl sites for hydroxylation is 1. The lowest BCUT2D eigenvalue weighted by atomic mass is 10.3. The van der Waals surface area contributed by atoms with Crippen LogP contribution in [-0.4, -0.2) is 40.8 Å². The number of fused-ring (bicyclic) bond motifs is 1. The Hall–Kier alpha value is -1.95. The van der Waals surface area contributed by atoms with Gasteiger partial charge in [0.05, 0.1) is 19.4 Å². The summed E-state index contributed by atoms with van der Waals surface area (Å²) in [6.45, 7) is 3.08. The van der Waals surface area contributed by atoms with Crippen LogP contribution in [0.2, 0.25) is 0 Å². The standard InChI is InChI=1S/C12H14N4O2/c1-15-11(17)8-13-9-2-3-10(14-12(9)15)16-4-6-18-7-5-16/h2-3,8H,4-7H2,1H3. The van der Waals surface area contributed by atoms with E-state index in [2.05, 4.69) is 14.9 Å². The molecule has 1 saturated heterocycles. The Balaban J connectivity index is 2.09. The first-order chi connectivity index (χ1) is 8.75. The zero-order valence-electron chi connectivity index (χ0n) is 10.2. The van der Waals surface area contributed by atoms with E-state index in [4.69, 9.17) is 4.74 Å². The van der Waals surface area contributed by atoms with Crippen LogP contribution in [0.5, 0.6) is 0 Å². The second-order valence-corrected chi connectivity index (χ2v) is 4.27. The van der Waals surface area contributed by atoms with Gasteiger partial charge < -0.3 is 9.64 Å². The summed E-state index contributed by atoms with van der Waals surface area (Å²) < 4.78 is 6.83. The maximum Gasteiger partial charge on any atom is 0.270 e. The molecule has 0 amide bonds. The van der Waals surface area contributed by atoms with E-state index in [9.17, 15) is 4.79 Å². The molecule has 3 heterocycles. The van der Waals surface area contributed by atoms with Gasteiger partial charge in [-0.2, -0.15) is 0 Å². The van der Waals surface area contributed by atoms with Crippen molar-refractivity contribution in [3.05, 3.63) is 28.7 Å². The van der Waals surface area contributed by atoms with Gasteiger partial charge in [0.2, 0.25) is 0 Å². The zero-order chi connectivity index (χ0) is 12.5. The van der Waals surface area contributed by atoms with Crippen molar-refractivity contribution in [3.8, 4) is 0 Å². The summed E-state index contributed by atoms with van der Waals surface area (Å²) in [5, 5.41) is 0. The fourth-order valence-electron chi connectivity index (χ4n) is 2.06. The normalized spacial score (nSPS) is 16.2. The largest absolute Gasteiger partial charge is 0.378 e. The van der Waals surface area contributed by atoms with Crippen LogP contribution in [0, 0.1) is 0 Å². The molecule has 0 unspecified atom stereocenters. The molecule has 6 nitrogen and oxygen atoms in total. The van der Waals surface area contributed by atoms with Crippen molar-refractivity contribution in [2.45, 2.75) is 0 Å². The summed E-state index contributed by atoms with van der Waals surface area (Å²) in [5.41, 5.74) is 1.20. The van der Waals surface area contributed by atoms with Crippen LogP contribution < -0.4 is 10.5 Å². The number of rotatable bonds is 1. The Morgan fingerprint density at radius 1 is 1.28 bits per heavy atom. The number of morpholine rings is 1. The predicted octanol–water partition coefficient (Wildman–Crippen LogP) is 0.165. The minimum absolute atomic E-state index is 0.144. The molecule has 0 bridgehead atoms. The van der Waals surface area contributed by atoms with Crippen LogP contribution in [0.4, 0.5) is 5.82 Å². The molecule has 1 aliphatic heterocycles. The van der Waals surface area contributed by atoms with Gasteiger partial charge in [-0.3, -0.25) is 9.36 Å². The molecular weight excluding hydrogens is 232 g/mol. The van der Waals surface area contributed by atoms with Crippen LogP contribution in [0.15, 0.2) is 23.1 Å². The monoisotopic (exact) mass is 246 g/mol. The molecule has 1 aliphatic rings. The number of hydrogen-bond donors (Lipinski definition) is 0. The average molecular weight is 246 g/mol. The van der Waals surface area contributed by atoms with E-state index in [1.807, 2.05) is 12.1 Å². The van der Waals surface area contributed by atoms with Crippen molar-refractivity contribution in [1.29, 1.82) is 0 Å². The summed E-state index contributed by atoms with van der Waals surface area (Å²) in [7, 11) is 1.71. The van der Waals surface area contributed by atoms with Gasteiger partial charge in [0, 0.05) is 20.1 Å². The molecule has 3 rings (SSSR count). The quantitative estimate of drug-likeness (QED) is 0.717. The molecule has 2 aromatic rings. The summed E-state index contributed by atoms with van der Waals surface area (Å²) in [6, 6.07) is 3.83. The van der Waals surface area contributed by atoms with Gasteiger partial charge in [-0.25, -0.2) is 9.97 Å². The number of pyridine rings is 1. The van der Waals surface area contributed by atoms with Crippen molar-refractivity contribution >= 4 is 17.0 Å². The highest BCUT2D eigenvalue weighted by Crippen LogP contribution is 2.16. The highest BCUT2D eigenvalue weighted by atomic mass is 16.5. The van der Waals surface area contributed by atoms with Gasteiger partial charge in [-0.05, 0) is 12.1 Å². The zero-order valence-corrected chi connectivity index (χ0v) is 10.2. The molecule has 18 heavy (non-hydrogen) atoms. The van der Waals surface area contributed by atoms with E-state index in [1.165, 1.54) is 10.8 Å². The molecule has 94 valence electrons. The molecule has 0 spiro atoms. The van der Waals surface area contributed by atoms with Gasteiger partial charge >= 0.3 is 0 Å². The van der Waals surface area contributed by atoms with Crippen molar-refractivity contribution in [2.24, 2.45) is 7.05 Å². The first-order valence-electron chi connectivity index (χ1n) is 5.91. The fraction of sp³-hybridized carbons (Fsp3) is 0.417. The third-order valence-corrected chi connectivity index (χ3v) is 3.14. The van der Waals surface area contributed by atoms with Crippen molar-refractivity contribution in [3.63, 3.8) is 0 Å². The molecule has 0 atom stereocenters. The van der Waals surface area contributed by atoms with Gasteiger partial charge in [-0.15, -0.1) is 0 Å². The van der Waals surface area contributed by atoms with Crippen LogP contribution >= 0.6 is 0 Å². The molecular formula is C12H14N4O2. The molecule has 6 heteroatoms. The van der Waals surface area contributed by atoms with Crippen LogP contribution in [0.1, 0.15) is 0 Å². The predicted molar refractivity (Wildman–Crippen MR) is 67.8 cm³/mol. The minimum atomic E-state index is -0.144. The number of aromatic nitrogens is 3. The first-order valence-corrected chi connectivity index (χ1v) is 5.91. The van der Waals surface area contributed by atoms with Crippen LogP contribution in [0.3, 0.4) is 0 Å². The number of ether oxygens (including phenoxy) is 1. The number of nitrogens with zero attached hydrogens (tertiary/aromatic N) is 4. The third kappa shape index (κ3) is 1.84. The lowest BCUT2D eigenvalue weighted by Crippen LogP contribution is -2.36. The first kappa shape index (κ1) is 11.2. The summed E-state index contributed by atoms with van der Waals surface area (Å²) in [4.78, 5) is 22.3. The number of anilines is 1. The molecule has 1 fully saturated rings. The fourth-order valence-corrected chi connectivity index (χ4v) is 2.06. The topological polar surface area (TPSA) is 60.2 Å². The molecule has 0 saturated carbocycles.